The molecule has 24 heavy (non-hydrogen) atoms. The van der Waals surface area contributed by atoms with Crippen molar-refractivity contribution in [2.24, 2.45) is 0 Å². The maximum absolute atomic E-state index is 6.09. The van der Waals surface area contributed by atoms with E-state index in [9.17, 15) is 0 Å². The van der Waals surface area contributed by atoms with Gasteiger partial charge in [-0.05, 0) is 51.2 Å². The average Bonchev–Trinajstić information content (AvgIpc) is 2.78. The molecule has 2 aromatic rings. The fourth-order valence-electron chi connectivity index (χ4n) is 2.56. The maximum atomic E-state index is 6.09. The molecule has 4 heteroatoms. The Morgan fingerprint density at radius 2 is 1.08 bits per heavy atom. The molecule has 0 aliphatic carbocycles. The molecular weight excluding hydrogens is 318 g/mol. The van der Waals surface area contributed by atoms with Gasteiger partial charge in [0.2, 0.25) is 0 Å². The lowest BCUT2D eigenvalue weighted by Gasteiger charge is -2.32. The van der Waals surface area contributed by atoms with Crippen molar-refractivity contribution in [3.63, 3.8) is 0 Å². The summed E-state index contributed by atoms with van der Waals surface area (Å²) in [4.78, 5) is 0. The van der Waals surface area contributed by atoms with Crippen LogP contribution in [0, 0.1) is 6.92 Å². The standard InChI is InChI=1S/C19H23BO2.CH3Cl/c1-14-6-8-15(9-7-14)16-10-12-17(13-11-16)20-21-18(2,3)19(4,5)22-20;1-2/h6-13H,1-5H3;1H3. The van der Waals surface area contributed by atoms with Crippen LogP contribution in [0.3, 0.4) is 0 Å². The van der Waals surface area contributed by atoms with E-state index >= 15 is 0 Å². The van der Waals surface area contributed by atoms with Gasteiger partial charge in [0.1, 0.15) is 0 Å². The highest BCUT2D eigenvalue weighted by Crippen LogP contribution is 2.36. The van der Waals surface area contributed by atoms with Crippen molar-refractivity contribution in [2.75, 3.05) is 6.38 Å². The summed E-state index contributed by atoms with van der Waals surface area (Å²) in [7, 11) is -0.294. The number of hydrogen-bond donors (Lipinski definition) is 0. The molecule has 0 spiro atoms. The van der Waals surface area contributed by atoms with Crippen molar-refractivity contribution in [1.82, 2.24) is 0 Å². The molecule has 0 bridgehead atoms. The van der Waals surface area contributed by atoms with E-state index in [2.05, 4.69) is 94.8 Å². The van der Waals surface area contributed by atoms with Crippen LogP contribution in [-0.2, 0) is 9.31 Å². The minimum absolute atomic E-state index is 0.294. The van der Waals surface area contributed by atoms with Gasteiger partial charge in [-0.3, -0.25) is 0 Å². The highest BCUT2D eigenvalue weighted by molar-refractivity contribution is 6.62. The summed E-state index contributed by atoms with van der Waals surface area (Å²) in [5.41, 5.74) is 4.18. The highest BCUT2D eigenvalue weighted by Gasteiger charge is 2.51. The van der Waals surface area contributed by atoms with Crippen molar-refractivity contribution in [3.8, 4) is 11.1 Å². The van der Waals surface area contributed by atoms with Crippen LogP contribution in [0.25, 0.3) is 11.1 Å². The number of aryl methyl sites for hydroxylation is 1. The van der Waals surface area contributed by atoms with Gasteiger partial charge in [-0.2, -0.15) is 0 Å². The molecule has 3 rings (SSSR count). The van der Waals surface area contributed by atoms with Crippen LogP contribution in [0.5, 0.6) is 0 Å². The molecule has 1 saturated heterocycles. The first-order valence-electron chi connectivity index (χ1n) is 8.19. The smallest absolute Gasteiger partial charge is 0.399 e. The fourth-order valence-corrected chi connectivity index (χ4v) is 2.56. The van der Waals surface area contributed by atoms with E-state index in [1.807, 2.05) is 0 Å². The Hall–Kier alpha value is -1.29. The quantitative estimate of drug-likeness (QED) is 0.574. The van der Waals surface area contributed by atoms with Gasteiger partial charge in [-0.1, -0.05) is 54.1 Å². The fraction of sp³-hybridized carbons (Fsp3) is 0.400. The SMILES string of the molecule is CCl.Cc1ccc(-c2ccc(B3OC(C)(C)C(C)(C)O3)cc2)cc1. The maximum Gasteiger partial charge on any atom is 0.494 e. The van der Waals surface area contributed by atoms with Gasteiger partial charge in [-0.15, -0.1) is 11.6 Å². The lowest BCUT2D eigenvalue weighted by molar-refractivity contribution is 0.00578. The summed E-state index contributed by atoms with van der Waals surface area (Å²) in [6.45, 7) is 10.4. The summed E-state index contributed by atoms with van der Waals surface area (Å²) in [5, 5.41) is 0. The van der Waals surface area contributed by atoms with Gasteiger partial charge in [0, 0.05) is 6.38 Å². The Kier molecular flexibility index (Phi) is 5.80. The molecule has 0 saturated carbocycles. The second-order valence-electron chi connectivity index (χ2n) is 7.08. The predicted molar refractivity (Wildman–Crippen MR) is 104 cm³/mol. The number of hydrogen-bond acceptors (Lipinski definition) is 2. The van der Waals surface area contributed by atoms with E-state index in [1.54, 1.807) is 0 Å². The molecule has 0 aromatic heterocycles. The lowest BCUT2D eigenvalue weighted by atomic mass is 9.78. The summed E-state index contributed by atoms with van der Waals surface area (Å²) in [5.74, 6) is 0. The molecule has 2 nitrogen and oxygen atoms in total. The van der Waals surface area contributed by atoms with Crippen LogP contribution in [0.15, 0.2) is 48.5 Å². The summed E-state index contributed by atoms with van der Waals surface area (Å²) >= 11 is 4.64. The molecule has 0 amide bonds. The first-order valence-corrected chi connectivity index (χ1v) is 8.94. The average molecular weight is 345 g/mol. The Morgan fingerprint density at radius 3 is 1.50 bits per heavy atom. The van der Waals surface area contributed by atoms with Crippen LogP contribution in [0.1, 0.15) is 33.3 Å². The largest absolute Gasteiger partial charge is 0.494 e. The van der Waals surface area contributed by atoms with Crippen molar-refractivity contribution in [2.45, 2.75) is 45.8 Å². The van der Waals surface area contributed by atoms with Crippen LogP contribution in [0.2, 0.25) is 0 Å². The van der Waals surface area contributed by atoms with E-state index in [-0.39, 0.29) is 18.3 Å². The topological polar surface area (TPSA) is 18.5 Å². The summed E-state index contributed by atoms with van der Waals surface area (Å²) in [6.07, 6.45) is 1.47. The first kappa shape index (κ1) is 19.0. The third-order valence-corrected chi connectivity index (χ3v) is 4.82. The van der Waals surface area contributed by atoms with Crippen molar-refractivity contribution in [3.05, 3.63) is 54.1 Å². The molecule has 0 radical (unpaired) electrons. The molecule has 0 atom stereocenters. The van der Waals surface area contributed by atoms with Crippen LogP contribution in [-0.4, -0.2) is 24.7 Å². The monoisotopic (exact) mass is 344 g/mol. The Bertz CT molecular complexity index is 647. The van der Waals surface area contributed by atoms with E-state index in [1.165, 1.54) is 23.1 Å². The van der Waals surface area contributed by atoms with Gasteiger partial charge >= 0.3 is 7.12 Å². The summed E-state index contributed by atoms with van der Waals surface area (Å²) < 4.78 is 12.2. The van der Waals surface area contributed by atoms with E-state index in [4.69, 9.17) is 9.31 Å². The molecule has 2 aromatic carbocycles. The predicted octanol–water partition coefficient (Wildman–Crippen LogP) is 4.82. The van der Waals surface area contributed by atoms with Crippen LogP contribution < -0.4 is 5.46 Å². The minimum Gasteiger partial charge on any atom is -0.399 e. The number of benzene rings is 2. The molecule has 128 valence electrons. The first-order chi connectivity index (χ1) is 11.3. The Labute approximate surface area is 151 Å². The number of alkyl halides is 1. The van der Waals surface area contributed by atoms with Crippen molar-refractivity contribution in [1.29, 1.82) is 0 Å². The molecule has 1 fully saturated rings. The van der Waals surface area contributed by atoms with E-state index in [0.29, 0.717) is 0 Å². The highest BCUT2D eigenvalue weighted by atomic mass is 35.5. The van der Waals surface area contributed by atoms with Crippen molar-refractivity contribution >= 4 is 24.2 Å². The van der Waals surface area contributed by atoms with E-state index in [0.717, 1.165) is 5.46 Å². The van der Waals surface area contributed by atoms with Gasteiger partial charge in [-0.25, -0.2) is 0 Å². The van der Waals surface area contributed by atoms with Gasteiger partial charge in [0.25, 0.3) is 0 Å². The molecule has 0 unspecified atom stereocenters. The van der Waals surface area contributed by atoms with Crippen LogP contribution >= 0.6 is 11.6 Å². The second-order valence-corrected chi connectivity index (χ2v) is 7.08. The van der Waals surface area contributed by atoms with E-state index < -0.39 is 0 Å². The van der Waals surface area contributed by atoms with Gasteiger partial charge in [0.15, 0.2) is 0 Å². The Morgan fingerprint density at radius 1 is 0.708 bits per heavy atom. The normalized spacial score (nSPS) is 18.0. The molecule has 1 aliphatic rings. The van der Waals surface area contributed by atoms with Gasteiger partial charge < -0.3 is 9.31 Å². The molecule has 1 heterocycles. The number of halogens is 1. The third kappa shape index (κ3) is 3.85. The second kappa shape index (κ2) is 7.31. The zero-order valence-electron chi connectivity index (χ0n) is 15.4. The molecular formula is C20H26BClO2. The molecule has 1 aliphatic heterocycles. The Balaban J connectivity index is 0.00000100. The van der Waals surface area contributed by atoms with Crippen LogP contribution in [0.4, 0.5) is 0 Å². The number of rotatable bonds is 2. The van der Waals surface area contributed by atoms with Gasteiger partial charge in [0.05, 0.1) is 11.2 Å². The third-order valence-electron chi connectivity index (χ3n) is 4.82. The van der Waals surface area contributed by atoms with Crippen molar-refractivity contribution < 1.29 is 9.31 Å². The lowest BCUT2D eigenvalue weighted by Crippen LogP contribution is -2.41. The summed E-state index contributed by atoms with van der Waals surface area (Å²) in [6, 6.07) is 17.0. The zero-order chi connectivity index (χ0) is 18.0. The molecule has 0 N–H and O–H groups in total. The minimum atomic E-state index is -0.298. The zero-order valence-corrected chi connectivity index (χ0v) is 16.1.